The van der Waals surface area contributed by atoms with Gasteiger partial charge in [-0.05, 0) is 30.3 Å². The molecule has 0 spiro atoms. The Balaban J connectivity index is 1.91. The van der Waals surface area contributed by atoms with Gasteiger partial charge in [0.05, 0.1) is 11.9 Å². The molecule has 0 aliphatic rings. The molecule has 0 bridgehead atoms. The number of nitrogens with zero attached hydrogens (tertiary/aromatic N) is 3. The summed E-state index contributed by atoms with van der Waals surface area (Å²) in [5, 5.41) is 2.54. The smallest absolute Gasteiger partial charge is 0.278 e. The molecule has 0 atom stereocenters. The summed E-state index contributed by atoms with van der Waals surface area (Å²) in [6.45, 7) is 0. The number of pyridine rings is 1. The van der Waals surface area contributed by atoms with Gasteiger partial charge in [-0.15, -0.1) is 0 Å². The number of hydrogen-bond donors (Lipinski definition) is 2. The quantitative estimate of drug-likeness (QED) is 0.775. The molecule has 1 aromatic carbocycles. The van der Waals surface area contributed by atoms with Gasteiger partial charge in [0, 0.05) is 23.6 Å². The van der Waals surface area contributed by atoms with Crippen LogP contribution in [0.25, 0.3) is 11.3 Å². The number of aromatic nitrogens is 3. The predicted molar refractivity (Wildman–Crippen MR) is 84.0 cm³/mol. The van der Waals surface area contributed by atoms with Crippen molar-refractivity contribution in [1.82, 2.24) is 15.0 Å². The lowest BCUT2D eigenvalue weighted by Gasteiger charge is -2.08. The summed E-state index contributed by atoms with van der Waals surface area (Å²) in [7, 11) is 0. The molecular formula is C16H12FN5O. The minimum Gasteiger partial charge on any atom is -0.382 e. The first-order chi connectivity index (χ1) is 11.1. The van der Waals surface area contributed by atoms with Gasteiger partial charge < -0.3 is 11.1 Å². The van der Waals surface area contributed by atoms with Gasteiger partial charge in [-0.25, -0.2) is 14.4 Å². The van der Waals surface area contributed by atoms with Gasteiger partial charge >= 0.3 is 0 Å². The second-order valence-electron chi connectivity index (χ2n) is 4.70. The third-order valence-corrected chi connectivity index (χ3v) is 3.06. The molecule has 0 fully saturated rings. The fourth-order valence-electron chi connectivity index (χ4n) is 1.98. The standard InChI is InChI=1S/C16H12FN5O/c17-11-4-1-5-12(7-11)21-16(23)14-15(18)20-9-13(22-14)10-3-2-6-19-8-10/h1-9H,(H2,18,20)(H,21,23). The molecule has 114 valence electrons. The first-order valence-corrected chi connectivity index (χ1v) is 6.73. The lowest BCUT2D eigenvalue weighted by atomic mass is 10.2. The summed E-state index contributed by atoms with van der Waals surface area (Å²) < 4.78 is 13.2. The zero-order chi connectivity index (χ0) is 16.2. The van der Waals surface area contributed by atoms with Gasteiger partial charge in [0.15, 0.2) is 11.5 Å². The molecule has 0 aliphatic heterocycles. The molecule has 3 aromatic rings. The Labute approximate surface area is 131 Å². The van der Waals surface area contributed by atoms with Crippen LogP contribution >= 0.6 is 0 Å². The van der Waals surface area contributed by atoms with Crippen molar-refractivity contribution in [3.63, 3.8) is 0 Å². The number of nitrogen functional groups attached to an aromatic ring is 1. The molecule has 3 rings (SSSR count). The lowest BCUT2D eigenvalue weighted by molar-refractivity contribution is 0.102. The van der Waals surface area contributed by atoms with Gasteiger partial charge in [-0.2, -0.15) is 0 Å². The highest BCUT2D eigenvalue weighted by Gasteiger charge is 2.15. The number of carbonyl (C=O) groups is 1. The Morgan fingerprint density at radius 2 is 2.04 bits per heavy atom. The fraction of sp³-hybridized carbons (Fsp3) is 0. The van der Waals surface area contributed by atoms with Crippen molar-refractivity contribution in [2.75, 3.05) is 11.1 Å². The number of rotatable bonds is 3. The Hall–Kier alpha value is -3.35. The van der Waals surface area contributed by atoms with E-state index in [0.717, 1.165) is 0 Å². The van der Waals surface area contributed by atoms with Gasteiger partial charge in [0.2, 0.25) is 0 Å². The predicted octanol–water partition coefficient (Wildman–Crippen LogP) is 2.51. The van der Waals surface area contributed by atoms with Gasteiger partial charge in [-0.1, -0.05) is 6.07 Å². The number of nitrogens with two attached hydrogens (primary N) is 1. The van der Waals surface area contributed by atoms with Crippen LogP contribution in [-0.2, 0) is 0 Å². The van der Waals surface area contributed by atoms with Crippen LogP contribution in [0.5, 0.6) is 0 Å². The maximum Gasteiger partial charge on any atom is 0.278 e. The Morgan fingerprint density at radius 1 is 1.17 bits per heavy atom. The zero-order valence-corrected chi connectivity index (χ0v) is 11.9. The first-order valence-electron chi connectivity index (χ1n) is 6.73. The van der Waals surface area contributed by atoms with Crippen LogP contribution in [0.15, 0.2) is 55.0 Å². The molecule has 2 aromatic heterocycles. The highest BCUT2D eigenvalue weighted by molar-refractivity contribution is 6.05. The van der Waals surface area contributed by atoms with Crippen LogP contribution < -0.4 is 11.1 Å². The van der Waals surface area contributed by atoms with Crippen molar-refractivity contribution < 1.29 is 9.18 Å². The van der Waals surface area contributed by atoms with E-state index in [1.54, 1.807) is 30.6 Å². The minimum absolute atomic E-state index is 0.00783. The SMILES string of the molecule is Nc1ncc(-c2cccnc2)nc1C(=O)Nc1cccc(F)c1. The Bertz CT molecular complexity index is 854. The van der Waals surface area contributed by atoms with E-state index in [1.165, 1.54) is 24.4 Å². The van der Waals surface area contributed by atoms with Crippen LogP contribution in [0.1, 0.15) is 10.5 Å². The van der Waals surface area contributed by atoms with Crippen LogP contribution in [-0.4, -0.2) is 20.9 Å². The van der Waals surface area contributed by atoms with E-state index >= 15 is 0 Å². The zero-order valence-electron chi connectivity index (χ0n) is 11.9. The van der Waals surface area contributed by atoms with Crippen molar-refractivity contribution in [3.8, 4) is 11.3 Å². The van der Waals surface area contributed by atoms with E-state index in [0.29, 0.717) is 16.9 Å². The molecule has 1 amide bonds. The maximum atomic E-state index is 13.2. The number of benzene rings is 1. The number of nitrogens with one attached hydrogen (secondary N) is 1. The van der Waals surface area contributed by atoms with E-state index in [9.17, 15) is 9.18 Å². The normalized spacial score (nSPS) is 10.3. The van der Waals surface area contributed by atoms with Crippen molar-refractivity contribution in [3.05, 3.63) is 66.5 Å². The van der Waals surface area contributed by atoms with Crippen LogP contribution in [0.3, 0.4) is 0 Å². The molecule has 23 heavy (non-hydrogen) atoms. The molecule has 2 heterocycles. The van der Waals surface area contributed by atoms with Crippen molar-refractivity contribution in [2.45, 2.75) is 0 Å². The Kier molecular flexibility index (Phi) is 3.92. The van der Waals surface area contributed by atoms with Crippen LogP contribution in [0, 0.1) is 5.82 Å². The summed E-state index contributed by atoms with van der Waals surface area (Å²) in [5.41, 5.74) is 7.18. The summed E-state index contributed by atoms with van der Waals surface area (Å²) in [5.74, 6) is -1.02. The second-order valence-corrected chi connectivity index (χ2v) is 4.70. The van der Waals surface area contributed by atoms with E-state index in [-0.39, 0.29) is 11.5 Å². The third kappa shape index (κ3) is 3.29. The largest absolute Gasteiger partial charge is 0.382 e. The van der Waals surface area contributed by atoms with Gasteiger partial charge in [-0.3, -0.25) is 9.78 Å². The Morgan fingerprint density at radius 3 is 2.78 bits per heavy atom. The topological polar surface area (TPSA) is 93.8 Å². The van der Waals surface area contributed by atoms with Crippen molar-refractivity contribution in [2.24, 2.45) is 0 Å². The highest BCUT2D eigenvalue weighted by Crippen LogP contribution is 2.18. The lowest BCUT2D eigenvalue weighted by Crippen LogP contribution is -2.17. The number of carbonyl (C=O) groups excluding carboxylic acids is 1. The van der Waals surface area contributed by atoms with E-state index < -0.39 is 11.7 Å². The number of anilines is 2. The maximum absolute atomic E-state index is 13.2. The summed E-state index contributed by atoms with van der Waals surface area (Å²) in [6.07, 6.45) is 4.70. The van der Waals surface area contributed by atoms with Crippen LogP contribution in [0.2, 0.25) is 0 Å². The van der Waals surface area contributed by atoms with Gasteiger partial charge in [0.25, 0.3) is 5.91 Å². The average molecular weight is 309 g/mol. The van der Waals surface area contributed by atoms with Crippen LogP contribution in [0.4, 0.5) is 15.9 Å². The molecule has 6 nitrogen and oxygen atoms in total. The van der Waals surface area contributed by atoms with Crippen molar-refractivity contribution >= 4 is 17.4 Å². The number of amides is 1. The first kappa shape index (κ1) is 14.6. The second kappa shape index (κ2) is 6.18. The number of hydrogen-bond acceptors (Lipinski definition) is 5. The molecule has 0 aliphatic carbocycles. The number of halogens is 1. The van der Waals surface area contributed by atoms with E-state index in [2.05, 4.69) is 20.3 Å². The highest BCUT2D eigenvalue weighted by atomic mass is 19.1. The fourth-order valence-corrected chi connectivity index (χ4v) is 1.98. The third-order valence-electron chi connectivity index (χ3n) is 3.06. The van der Waals surface area contributed by atoms with E-state index in [1.807, 2.05) is 0 Å². The van der Waals surface area contributed by atoms with Gasteiger partial charge in [0.1, 0.15) is 5.82 Å². The average Bonchev–Trinajstić information content (AvgIpc) is 2.56. The summed E-state index contributed by atoms with van der Waals surface area (Å²) >= 11 is 0. The van der Waals surface area contributed by atoms with E-state index in [4.69, 9.17) is 5.73 Å². The molecule has 7 heteroatoms. The summed E-state index contributed by atoms with van der Waals surface area (Å²) in [6, 6.07) is 9.09. The minimum atomic E-state index is -0.564. The molecule has 3 N–H and O–H groups in total. The molecule has 0 saturated carbocycles. The van der Waals surface area contributed by atoms with Crippen molar-refractivity contribution in [1.29, 1.82) is 0 Å². The summed E-state index contributed by atoms with van der Waals surface area (Å²) in [4.78, 5) is 24.5. The molecule has 0 unspecified atom stereocenters. The molecule has 0 saturated heterocycles. The molecular weight excluding hydrogens is 297 g/mol. The monoisotopic (exact) mass is 309 g/mol. The molecule has 0 radical (unpaired) electrons.